The first-order chi connectivity index (χ1) is 7.08. The van der Waals surface area contributed by atoms with E-state index >= 15 is 0 Å². The molecule has 1 aromatic rings. The van der Waals surface area contributed by atoms with Crippen molar-refractivity contribution in [2.24, 2.45) is 0 Å². The second-order valence-electron chi connectivity index (χ2n) is 3.37. The Morgan fingerprint density at radius 3 is 2.93 bits per heavy atom. The molecule has 1 aliphatic rings. The number of amides is 1. The van der Waals surface area contributed by atoms with Gasteiger partial charge in [-0.2, -0.15) is 0 Å². The van der Waals surface area contributed by atoms with E-state index < -0.39 is 12.0 Å². The molecule has 1 atom stereocenters. The maximum absolute atomic E-state index is 11.5. The molecule has 5 heteroatoms. The maximum atomic E-state index is 11.5. The molecule has 1 aromatic carbocycles. The van der Waals surface area contributed by atoms with E-state index in [4.69, 9.17) is 16.7 Å². The van der Waals surface area contributed by atoms with Crippen molar-refractivity contribution in [3.8, 4) is 0 Å². The summed E-state index contributed by atoms with van der Waals surface area (Å²) in [5, 5.41) is 11.7. The first-order valence-electron chi connectivity index (χ1n) is 4.40. The van der Waals surface area contributed by atoms with Crippen LogP contribution in [-0.4, -0.2) is 23.0 Å². The fourth-order valence-electron chi connectivity index (χ4n) is 1.61. The number of carbonyl (C=O) groups is 2. The van der Waals surface area contributed by atoms with Gasteiger partial charge in [0.2, 0.25) is 0 Å². The van der Waals surface area contributed by atoms with Gasteiger partial charge in [0.05, 0.1) is 0 Å². The van der Waals surface area contributed by atoms with E-state index in [1.807, 2.05) is 0 Å². The molecule has 15 heavy (non-hydrogen) atoms. The predicted molar refractivity (Wildman–Crippen MR) is 54.0 cm³/mol. The molecule has 2 rings (SSSR count). The van der Waals surface area contributed by atoms with Crippen molar-refractivity contribution in [1.82, 2.24) is 5.32 Å². The predicted octanol–water partition coefficient (Wildman–Crippen LogP) is 1.08. The molecule has 0 aliphatic carbocycles. The maximum Gasteiger partial charge on any atom is 0.326 e. The molecule has 1 amide bonds. The number of fused-ring (bicyclic) bond motifs is 1. The number of hydrogen-bond donors (Lipinski definition) is 2. The van der Waals surface area contributed by atoms with Gasteiger partial charge in [-0.05, 0) is 23.8 Å². The Bertz CT molecular complexity index is 444. The van der Waals surface area contributed by atoms with Crippen LogP contribution in [0, 0.1) is 0 Å². The molecule has 0 aromatic heterocycles. The van der Waals surface area contributed by atoms with Crippen LogP contribution in [0.2, 0.25) is 5.02 Å². The van der Waals surface area contributed by atoms with Gasteiger partial charge in [0.1, 0.15) is 6.04 Å². The average molecular weight is 226 g/mol. The Balaban J connectivity index is 2.41. The van der Waals surface area contributed by atoms with Crippen LogP contribution < -0.4 is 5.32 Å². The first-order valence-corrected chi connectivity index (χ1v) is 4.78. The Morgan fingerprint density at radius 1 is 1.53 bits per heavy atom. The number of aliphatic carboxylic acids is 1. The molecule has 0 saturated heterocycles. The fourth-order valence-corrected chi connectivity index (χ4v) is 1.80. The van der Waals surface area contributed by atoms with Crippen molar-refractivity contribution in [3.63, 3.8) is 0 Å². The first kappa shape index (κ1) is 9.98. The van der Waals surface area contributed by atoms with Crippen molar-refractivity contribution < 1.29 is 14.7 Å². The zero-order valence-corrected chi connectivity index (χ0v) is 8.41. The fraction of sp³-hybridized carbons (Fsp3) is 0.200. The summed E-state index contributed by atoms with van der Waals surface area (Å²) in [5.74, 6) is -1.39. The van der Waals surface area contributed by atoms with Gasteiger partial charge in [0, 0.05) is 17.0 Å². The highest BCUT2D eigenvalue weighted by molar-refractivity contribution is 6.30. The van der Waals surface area contributed by atoms with Crippen LogP contribution >= 0.6 is 11.6 Å². The van der Waals surface area contributed by atoms with Gasteiger partial charge < -0.3 is 10.4 Å². The summed E-state index contributed by atoms with van der Waals surface area (Å²) in [6.45, 7) is 0. The lowest BCUT2D eigenvalue weighted by atomic mass is 9.95. The van der Waals surface area contributed by atoms with Gasteiger partial charge in [-0.25, -0.2) is 4.79 Å². The van der Waals surface area contributed by atoms with Crippen molar-refractivity contribution in [2.75, 3.05) is 0 Å². The van der Waals surface area contributed by atoms with Gasteiger partial charge in [0.25, 0.3) is 5.91 Å². The van der Waals surface area contributed by atoms with Crippen LogP contribution in [0.5, 0.6) is 0 Å². The van der Waals surface area contributed by atoms with E-state index in [2.05, 4.69) is 5.32 Å². The quantitative estimate of drug-likeness (QED) is 0.752. The third kappa shape index (κ3) is 1.80. The van der Waals surface area contributed by atoms with Gasteiger partial charge in [-0.1, -0.05) is 11.6 Å². The van der Waals surface area contributed by atoms with Crippen LogP contribution in [0.4, 0.5) is 0 Å². The van der Waals surface area contributed by atoms with Gasteiger partial charge in [-0.15, -0.1) is 0 Å². The average Bonchev–Trinajstić information content (AvgIpc) is 2.16. The molecule has 0 spiro atoms. The molecule has 1 unspecified atom stereocenters. The van der Waals surface area contributed by atoms with Crippen LogP contribution in [-0.2, 0) is 11.2 Å². The molecule has 0 radical (unpaired) electrons. The van der Waals surface area contributed by atoms with Crippen LogP contribution in [0.3, 0.4) is 0 Å². The summed E-state index contributed by atoms with van der Waals surface area (Å²) < 4.78 is 0. The molecule has 0 fully saturated rings. The van der Waals surface area contributed by atoms with Gasteiger partial charge in [0.15, 0.2) is 0 Å². The molecule has 2 N–H and O–H groups in total. The number of benzene rings is 1. The van der Waals surface area contributed by atoms with Crippen molar-refractivity contribution in [3.05, 3.63) is 34.3 Å². The third-order valence-electron chi connectivity index (χ3n) is 2.34. The highest BCUT2D eigenvalue weighted by Crippen LogP contribution is 2.21. The van der Waals surface area contributed by atoms with Crippen LogP contribution in [0.25, 0.3) is 0 Å². The van der Waals surface area contributed by atoms with E-state index in [1.54, 1.807) is 18.2 Å². The lowest BCUT2D eigenvalue weighted by molar-refractivity contribution is -0.139. The van der Waals surface area contributed by atoms with Gasteiger partial charge in [-0.3, -0.25) is 4.79 Å². The highest BCUT2D eigenvalue weighted by Gasteiger charge is 2.28. The molecule has 0 saturated carbocycles. The minimum atomic E-state index is -1.03. The summed E-state index contributed by atoms with van der Waals surface area (Å²) in [6, 6.07) is 3.99. The van der Waals surface area contributed by atoms with E-state index in [-0.39, 0.29) is 12.3 Å². The van der Waals surface area contributed by atoms with E-state index in [1.165, 1.54) is 0 Å². The highest BCUT2D eigenvalue weighted by atomic mass is 35.5. The van der Waals surface area contributed by atoms with Crippen molar-refractivity contribution in [1.29, 1.82) is 0 Å². The molecule has 78 valence electrons. The Hall–Kier alpha value is -1.55. The van der Waals surface area contributed by atoms with Crippen molar-refractivity contribution >= 4 is 23.5 Å². The summed E-state index contributed by atoms with van der Waals surface area (Å²) in [5.41, 5.74) is 1.18. The summed E-state index contributed by atoms with van der Waals surface area (Å²) >= 11 is 5.77. The summed E-state index contributed by atoms with van der Waals surface area (Å²) in [4.78, 5) is 22.2. The number of halogens is 1. The van der Waals surface area contributed by atoms with E-state index in [0.717, 1.165) is 0 Å². The summed E-state index contributed by atoms with van der Waals surface area (Å²) in [6.07, 6.45) is 0.275. The Morgan fingerprint density at radius 2 is 2.27 bits per heavy atom. The molecule has 4 nitrogen and oxygen atoms in total. The zero-order chi connectivity index (χ0) is 11.0. The number of carboxylic acid groups (broad SMARTS) is 1. The monoisotopic (exact) mass is 225 g/mol. The second-order valence-corrected chi connectivity index (χ2v) is 3.81. The zero-order valence-electron chi connectivity index (χ0n) is 7.66. The third-order valence-corrected chi connectivity index (χ3v) is 2.57. The number of nitrogens with one attached hydrogen (secondary N) is 1. The lowest BCUT2D eigenvalue weighted by Crippen LogP contribution is -2.46. The molecule has 0 bridgehead atoms. The smallest absolute Gasteiger partial charge is 0.326 e. The minimum absolute atomic E-state index is 0.275. The van der Waals surface area contributed by atoms with E-state index in [9.17, 15) is 9.59 Å². The minimum Gasteiger partial charge on any atom is -0.480 e. The topological polar surface area (TPSA) is 66.4 Å². The Labute approximate surface area is 90.9 Å². The molecule has 1 heterocycles. The Kier molecular flexibility index (Phi) is 2.36. The second kappa shape index (κ2) is 3.55. The van der Waals surface area contributed by atoms with Crippen molar-refractivity contribution in [2.45, 2.75) is 12.5 Å². The van der Waals surface area contributed by atoms with Crippen LogP contribution in [0.1, 0.15) is 15.9 Å². The lowest BCUT2D eigenvalue weighted by Gasteiger charge is -2.22. The number of carbonyl (C=O) groups excluding carboxylic acids is 1. The SMILES string of the molecule is O=C1NC(C(=O)O)Cc2cc(Cl)ccc21. The standard InChI is InChI=1S/C10H8ClNO3/c11-6-1-2-7-5(3-6)4-8(10(14)15)12-9(7)13/h1-3,8H,4H2,(H,12,13)(H,14,15). The number of carboxylic acids is 1. The van der Waals surface area contributed by atoms with Gasteiger partial charge >= 0.3 is 5.97 Å². The molecule has 1 aliphatic heterocycles. The van der Waals surface area contributed by atoms with Crippen LogP contribution in [0.15, 0.2) is 18.2 Å². The molecular weight excluding hydrogens is 218 g/mol. The number of hydrogen-bond acceptors (Lipinski definition) is 2. The normalized spacial score (nSPS) is 19.3. The molecular formula is C10H8ClNO3. The van der Waals surface area contributed by atoms with E-state index in [0.29, 0.717) is 16.1 Å². The summed E-state index contributed by atoms with van der Waals surface area (Å²) in [7, 11) is 0. The number of rotatable bonds is 1. The largest absolute Gasteiger partial charge is 0.480 e.